The van der Waals surface area contributed by atoms with Crippen LogP contribution in [-0.4, -0.2) is 56.7 Å². The Labute approximate surface area is 162 Å². The van der Waals surface area contributed by atoms with Crippen molar-refractivity contribution >= 4 is 23.3 Å². The second-order valence-electron chi connectivity index (χ2n) is 7.74. The molecule has 0 aliphatic carbocycles. The first kappa shape index (κ1) is 19.3. The van der Waals surface area contributed by atoms with E-state index in [1.54, 1.807) is 0 Å². The van der Waals surface area contributed by atoms with E-state index in [1.165, 1.54) is 18.5 Å². The Morgan fingerprint density at radius 2 is 1.85 bits per heavy atom. The van der Waals surface area contributed by atoms with Crippen LogP contribution in [0.15, 0.2) is 24.3 Å². The molecular formula is C20H31ClN4O. The Bertz CT molecular complexity index is 572. The molecule has 0 unspecified atom stereocenters. The number of halogens is 1. The number of carbonyl (C=O) groups is 1. The highest BCUT2D eigenvalue weighted by Gasteiger charge is 2.23. The molecule has 2 aliphatic heterocycles. The van der Waals surface area contributed by atoms with Gasteiger partial charge in [-0.15, -0.1) is 0 Å². The molecule has 6 heteroatoms. The van der Waals surface area contributed by atoms with Crippen molar-refractivity contribution in [1.29, 1.82) is 0 Å². The number of likely N-dealkylation sites (tertiary alicyclic amines) is 1. The molecule has 2 amide bonds. The molecule has 26 heavy (non-hydrogen) atoms. The summed E-state index contributed by atoms with van der Waals surface area (Å²) in [6, 6.07) is 7.94. The van der Waals surface area contributed by atoms with E-state index in [1.807, 2.05) is 12.1 Å². The van der Waals surface area contributed by atoms with Crippen LogP contribution in [0.25, 0.3) is 0 Å². The second-order valence-corrected chi connectivity index (χ2v) is 8.17. The molecular weight excluding hydrogens is 348 g/mol. The minimum atomic E-state index is -0.0414. The van der Waals surface area contributed by atoms with Crippen LogP contribution in [-0.2, 0) is 0 Å². The van der Waals surface area contributed by atoms with E-state index in [2.05, 4.69) is 39.5 Å². The topological polar surface area (TPSA) is 47.6 Å². The number of amides is 2. The molecule has 5 nitrogen and oxygen atoms in total. The predicted octanol–water partition coefficient (Wildman–Crippen LogP) is 3.20. The van der Waals surface area contributed by atoms with Crippen molar-refractivity contribution in [3.8, 4) is 0 Å². The summed E-state index contributed by atoms with van der Waals surface area (Å²) in [4.78, 5) is 16.8. The molecule has 1 atom stereocenters. The maximum atomic E-state index is 12.0. The largest absolute Gasteiger partial charge is 0.371 e. The molecule has 3 rings (SSSR count). The quantitative estimate of drug-likeness (QED) is 0.799. The Morgan fingerprint density at radius 3 is 2.58 bits per heavy atom. The summed E-state index contributed by atoms with van der Waals surface area (Å²) in [5, 5.41) is 6.79. The SMILES string of the molecule is CC1CCN(CCNC(=O)NC[C@H]2CCN(c3ccc(Cl)cc3)C2)CC1. The smallest absolute Gasteiger partial charge is 0.314 e. The van der Waals surface area contributed by atoms with Gasteiger partial charge < -0.3 is 20.4 Å². The molecule has 1 aromatic carbocycles. The normalized spacial score (nSPS) is 21.8. The lowest BCUT2D eigenvalue weighted by atomic mass is 9.99. The predicted molar refractivity (Wildman–Crippen MR) is 108 cm³/mol. The molecule has 0 bridgehead atoms. The zero-order chi connectivity index (χ0) is 18.4. The lowest BCUT2D eigenvalue weighted by molar-refractivity contribution is 0.191. The number of urea groups is 1. The fraction of sp³-hybridized carbons (Fsp3) is 0.650. The summed E-state index contributed by atoms with van der Waals surface area (Å²) in [5.41, 5.74) is 1.21. The van der Waals surface area contributed by atoms with E-state index in [0.717, 1.165) is 63.2 Å². The second kappa shape index (κ2) is 9.47. The van der Waals surface area contributed by atoms with Gasteiger partial charge in [0.25, 0.3) is 0 Å². The van der Waals surface area contributed by atoms with E-state index < -0.39 is 0 Å². The molecule has 2 aliphatic rings. The van der Waals surface area contributed by atoms with E-state index in [9.17, 15) is 4.79 Å². The lowest BCUT2D eigenvalue weighted by Gasteiger charge is -2.30. The number of hydrogen-bond acceptors (Lipinski definition) is 3. The Kier molecular flexibility index (Phi) is 7.03. The third-order valence-electron chi connectivity index (χ3n) is 5.62. The van der Waals surface area contributed by atoms with Crippen molar-refractivity contribution in [2.45, 2.75) is 26.2 Å². The number of anilines is 1. The van der Waals surface area contributed by atoms with E-state index in [-0.39, 0.29) is 6.03 Å². The first-order valence-electron chi connectivity index (χ1n) is 9.84. The van der Waals surface area contributed by atoms with Gasteiger partial charge in [0.05, 0.1) is 0 Å². The van der Waals surface area contributed by atoms with Gasteiger partial charge in [-0.2, -0.15) is 0 Å². The molecule has 2 N–H and O–H groups in total. The minimum absolute atomic E-state index is 0.0414. The highest BCUT2D eigenvalue weighted by atomic mass is 35.5. The molecule has 144 valence electrons. The highest BCUT2D eigenvalue weighted by molar-refractivity contribution is 6.30. The summed E-state index contributed by atoms with van der Waals surface area (Å²) in [6.07, 6.45) is 3.66. The number of piperidine rings is 1. The van der Waals surface area contributed by atoms with E-state index in [4.69, 9.17) is 11.6 Å². The third-order valence-corrected chi connectivity index (χ3v) is 5.87. The van der Waals surface area contributed by atoms with Crippen molar-refractivity contribution in [1.82, 2.24) is 15.5 Å². The van der Waals surface area contributed by atoms with Crippen molar-refractivity contribution in [2.24, 2.45) is 11.8 Å². The van der Waals surface area contributed by atoms with Crippen LogP contribution in [0, 0.1) is 11.8 Å². The monoisotopic (exact) mass is 378 g/mol. The summed E-state index contributed by atoms with van der Waals surface area (Å²) in [7, 11) is 0. The summed E-state index contributed by atoms with van der Waals surface area (Å²) < 4.78 is 0. The van der Waals surface area contributed by atoms with Crippen LogP contribution in [0.1, 0.15) is 26.2 Å². The van der Waals surface area contributed by atoms with Crippen LogP contribution >= 0.6 is 11.6 Å². The summed E-state index contributed by atoms with van der Waals surface area (Å²) in [6.45, 7) is 9.06. The Morgan fingerprint density at radius 1 is 1.12 bits per heavy atom. The number of nitrogens with zero attached hydrogens (tertiary/aromatic N) is 2. The van der Waals surface area contributed by atoms with Crippen LogP contribution in [0.2, 0.25) is 5.02 Å². The number of benzene rings is 1. The third kappa shape index (κ3) is 5.78. The van der Waals surface area contributed by atoms with E-state index in [0.29, 0.717) is 5.92 Å². The zero-order valence-electron chi connectivity index (χ0n) is 15.7. The van der Waals surface area contributed by atoms with Gasteiger partial charge in [0.1, 0.15) is 0 Å². The molecule has 2 heterocycles. The van der Waals surface area contributed by atoms with Gasteiger partial charge in [0.15, 0.2) is 0 Å². The van der Waals surface area contributed by atoms with Gasteiger partial charge in [-0.1, -0.05) is 18.5 Å². The average molecular weight is 379 g/mol. The number of nitrogens with one attached hydrogen (secondary N) is 2. The molecule has 0 aromatic heterocycles. The fourth-order valence-electron chi connectivity index (χ4n) is 3.80. The minimum Gasteiger partial charge on any atom is -0.371 e. The van der Waals surface area contributed by atoms with Crippen LogP contribution in [0.4, 0.5) is 10.5 Å². The Hall–Kier alpha value is -1.46. The maximum absolute atomic E-state index is 12.0. The van der Waals surface area contributed by atoms with E-state index >= 15 is 0 Å². The zero-order valence-corrected chi connectivity index (χ0v) is 16.5. The van der Waals surface area contributed by atoms with Crippen molar-refractivity contribution in [3.63, 3.8) is 0 Å². The molecule has 2 saturated heterocycles. The Balaban J connectivity index is 1.29. The van der Waals surface area contributed by atoms with Gasteiger partial charge in [-0.25, -0.2) is 4.79 Å². The average Bonchev–Trinajstić information content (AvgIpc) is 3.11. The molecule has 2 fully saturated rings. The van der Waals surface area contributed by atoms with Crippen LogP contribution in [0.5, 0.6) is 0 Å². The van der Waals surface area contributed by atoms with Gasteiger partial charge in [0, 0.05) is 43.4 Å². The molecule has 0 saturated carbocycles. The lowest BCUT2D eigenvalue weighted by Crippen LogP contribution is -2.43. The summed E-state index contributed by atoms with van der Waals surface area (Å²) in [5.74, 6) is 1.35. The number of carbonyl (C=O) groups excluding carboxylic acids is 1. The molecule has 0 spiro atoms. The van der Waals surface area contributed by atoms with Crippen LogP contribution < -0.4 is 15.5 Å². The maximum Gasteiger partial charge on any atom is 0.314 e. The molecule has 1 aromatic rings. The standard InChI is InChI=1S/C20H31ClN4O/c1-16-6-10-24(11-7-16)13-9-22-20(26)23-14-17-8-12-25(15-17)19-4-2-18(21)3-5-19/h2-5,16-17H,6-15H2,1H3,(H2,22,23,26)/t17-/m1/s1. The van der Waals surface area contributed by atoms with Crippen molar-refractivity contribution < 1.29 is 4.79 Å². The molecule has 0 radical (unpaired) electrons. The van der Waals surface area contributed by atoms with Gasteiger partial charge >= 0.3 is 6.03 Å². The van der Waals surface area contributed by atoms with Gasteiger partial charge in [-0.3, -0.25) is 0 Å². The summed E-state index contributed by atoms with van der Waals surface area (Å²) >= 11 is 5.95. The van der Waals surface area contributed by atoms with Crippen LogP contribution in [0.3, 0.4) is 0 Å². The fourth-order valence-corrected chi connectivity index (χ4v) is 3.92. The van der Waals surface area contributed by atoms with Crippen molar-refractivity contribution in [2.75, 3.05) is 50.7 Å². The first-order chi connectivity index (χ1) is 12.6. The van der Waals surface area contributed by atoms with Gasteiger partial charge in [-0.05, 0) is 68.5 Å². The first-order valence-corrected chi connectivity index (χ1v) is 10.2. The number of rotatable bonds is 6. The number of hydrogen-bond donors (Lipinski definition) is 2. The highest BCUT2D eigenvalue weighted by Crippen LogP contribution is 2.24. The van der Waals surface area contributed by atoms with Gasteiger partial charge in [0.2, 0.25) is 0 Å². The van der Waals surface area contributed by atoms with Crippen molar-refractivity contribution in [3.05, 3.63) is 29.3 Å².